The van der Waals surface area contributed by atoms with Crippen molar-refractivity contribution < 1.29 is 14.3 Å². The molecule has 1 heterocycles. The van der Waals surface area contributed by atoms with Crippen molar-refractivity contribution in [3.63, 3.8) is 0 Å². The summed E-state index contributed by atoms with van der Waals surface area (Å²) in [5, 5.41) is 3.13. The normalized spacial score (nSPS) is 30.9. The Morgan fingerprint density at radius 1 is 1.07 bits per heavy atom. The van der Waals surface area contributed by atoms with Crippen molar-refractivity contribution in [2.45, 2.75) is 51.5 Å². The Bertz CT molecular complexity index is 922. The lowest BCUT2D eigenvalue weighted by atomic mass is 9.48. The zero-order valence-electron chi connectivity index (χ0n) is 16.8. The molecule has 0 unspecified atom stereocenters. The highest BCUT2D eigenvalue weighted by atomic mass is 16.5. The number of carbonyl (C=O) groups is 2. The van der Waals surface area contributed by atoms with E-state index < -0.39 is 5.97 Å². The smallest absolute Gasteiger partial charge is 0.338 e. The quantitative estimate of drug-likeness (QED) is 0.786. The lowest BCUT2D eigenvalue weighted by Crippen LogP contribution is -2.56. The first kappa shape index (κ1) is 18.5. The lowest BCUT2D eigenvalue weighted by molar-refractivity contribution is -0.128. The molecule has 1 amide bonds. The predicted octanol–water partition coefficient (Wildman–Crippen LogP) is 3.51. The number of aromatic nitrogens is 2. The van der Waals surface area contributed by atoms with Gasteiger partial charge in [0.2, 0.25) is 0 Å². The van der Waals surface area contributed by atoms with Crippen molar-refractivity contribution in [1.29, 1.82) is 0 Å². The molecule has 4 aliphatic rings. The molecule has 1 N–H and O–H groups in total. The lowest BCUT2D eigenvalue weighted by Gasteiger charge is -2.59. The van der Waals surface area contributed by atoms with Gasteiger partial charge in [-0.3, -0.25) is 14.8 Å². The van der Waals surface area contributed by atoms with E-state index in [4.69, 9.17) is 4.74 Å². The number of nitrogens with one attached hydrogen (secondary N) is 1. The molecule has 0 aliphatic heterocycles. The topological polar surface area (TPSA) is 81.2 Å². The molecule has 6 heteroatoms. The number of nitrogens with zero attached hydrogens (tertiary/aromatic N) is 2. The van der Waals surface area contributed by atoms with Gasteiger partial charge >= 0.3 is 5.97 Å². The Morgan fingerprint density at radius 3 is 2.34 bits per heavy atom. The maximum absolute atomic E-state index is 12.5. The van der Waals surface area contributed by atoms with Crippen molar-refractivity contribution in [1.82, 2.24) is 15.3 Å². The van der Waals surface area contributed by atoms with E-state index in [9.17, 15) is 9.59 Å². The Balaban J connectivity index is 1.18. The number of hydrogen-bond acceptors (Lipinski definition) is 5. The molecular weight excluding hydrogens is 366 g/mol. The molecule has 1 atom stereocenters. The van der Waals surface area contributed by atoms with Crippen LogP contribution in [-0.2, 0) is 9.53 Å². The molecule has 152 valence electrons. The van der Waals surface area contributed by atoms with E-state index in [1.165, 1.54) is 38.5 Å². The summed E-state index contributed by atoms with van der Waals surface area (Å²) in [5.41, 5.74) is 1.96. The summed E-state index contributed by atoms with van der Waals surface area (Å²) in [6.07, 6.45) is 11.0. The van der Waals surface area contributed by atoms with Crippen LogP contribution in [0.15, 0.2) is 30.6 Å². The van der Waals surface area contributed by atoms with Gasteiger partial charge in [-0.1, -0.05) is 0 Å². The van der Waals surface area contributed by atoms with Crippen LogP contribution in [0.4, 0.5) is 0 Å². The first-order valence-corrected chi connectivity index (χ1v) is 10.7. The minimum absolute atomic E-state index is 0.123. The molecule has 6 rings (SSSR count). The van der Waals surface area contributed by atoms with Gasteiger partial charge in [-0.15, -0.1) is 0 Å². The summed E-state index contributed by atoms with van der Waals surface area (Å²) in [5.74, 6) is 1.79. The highest BCUT2D eigenvalue weighted by molar-refractivity contribution is 5.94. The number of fused-ring (bicyclic) bond motifs is 1. The highest BCUT2D eigenvalue weighted by Gasteiger charge is 2.53. The molecule has 0 saturated heterocycles. The monoisotopic (exact) mass is 393 g/mol. The molecule has 2 aromatic rings. The van der Waals surface area contributed by atoms with Crippen LogP contribution in [0.2, 0.25) is 0 Å². The molecule has 1 aromatic heterocycles. The van der Waals surface area contributed by atoms with Crippen LogP contribution in [0.3, 0.4) is 0 Å². The van der Waals surface area contributed by atoms with E-state index in [1.807, 2.05) is 0 Å². The molecule has 4 bridgehead atoms. The summed E-state index contributed by atoms with van der Waals surface area (Å²) >= 11 is 0. The van der Waals surface area contributed by atoms with E-state index in [1.54, 1.807) is 30.6 Å². The van der Waals surface area contributed by atoms with Gasteiger partial charge in [0.05, 0.1) is 16.6 Å². The first-order valence-electron chi connectivity index (χ1n) is 10.7. The summed E-state index contributed by atoms with van der Waals surface area (Å²) in [6, 6.07) is 5.14. The molecule has 6 nitrogen and oxygen atoms in total. The van der Waals surface area contributed by atoms with Crippen molar-refractivity contribution in [3.8, 4) is 0 Å². The first-order chi connectivity index (χ1) is 14.0. The molecule has 1 aromatic carbocycles. The molecule has 0 spiro atoms. The average Bonchev–Trinajstić information content (AvgIpc) is 2.70. The van der Waals surface area contributed by atoms with Crippen LogP contribution < -0.4 is 5.32 Å². The number of carbonyl (C=O) groups excluding carboxylic acids is 2. The SMILES string of the molecule is C[C@H](NC(=O)COC(=O)c1ccc2nccnc2c1)C12CC3CC(CC(C3)C1)C2. The Morgan fingerprint density at radius 2 is 1.69 bits per heavy atom. The second-order valence-electron chi connectivity index (χ2n) is 9.41. The minimum Gasteiger partial charge on any atom is -0.452 e. The maximum Gasteiger partial charge on any atom is 0.338 e. The number of benzene rings is 1. The summed E-state index contributed by atoms with van der Waals surface area (Å²) in [6.45, 7) is 1.88. The number of ether oxygens (including phenoxy) is 1. The van der Waals surface area contributed by atoms with E-state index in [-0.39, 0.29) is 24.0 Å². The van der Waals surface area contributed by atoms with Crippen LogP contribution in [0.5, 0.6) is 0 Å². The fourth-order valence-electron chi connectivity index (χ4n) is 6.45. The minimum atomic E-state index is -0.518. The summed E-state index contributed by atoms with van der Waals surface area (Å²) in [7, 11) is 0. The van der Waals surface area contributed by atoms with Gasteiger partial charge in [0, 0.05) is 18.4 Å². The van der Waals surface area contributed by atoms with E-state index in [0.717, 1.165) is 17.8 Å². The standard InChI is InChI=1S/C23H27N3O3/c1-14(23-10-15-6-16(11-23)8-17(7-15)12-23)26-21(27)13-29-22(28)18-2-3-19-20(9-18)25-5-4-24-19/h2-5,9,14-17H,6-8,10-13H2,1H3,(H,26,27)/t14-,15?,16?,17?,23?/m0/s1. The predicted molar refractivity (Wildman–Crippen MR) is 108 cm³/mol. The zero-order chi connectivity index (χ0) is 20.0. The van der Waals surface area contributed by atoms with Crippen LogP contribution in [-0.4, -0.2) is 34.5 Å². The molecular formula is C23H27N3O3. The second-order valence-corrected chi connectivity index (χ2v) is 9.41. The van der Waals surface area contributed by atoms with Crippen molar-refractivity contribution >= 4 is 22.9 Å². The van der Waals surface area contributed by atoms with Crippen molar-refractivity contribution in [2.75, 3.05) is 6.61 Å². The van der Waals surface area contributed by atoms with E-state index in [2.05, 4.69) is 22.2 Å². The molecule has 4 saturated carbocycles. The maximum atomic E-state index is 12.5. The van der Waals surface area contributed by atoms with Gasteiger partial charge < -0.3 is 10.1 Å². The molecule has 4 fully saturated rings. The second kappa shape index (κ2) is 7.08. The van der Waals surface area contributed by atoms with Crippen LogP contribution in [0.1, 0.15) is 55.8 Å². The number of esters is 1. The number of amides is 1. The third-order valence-electron chi connectivity index (χ3n) is 7.42. The third kappa shape index (κ3) is 3.49. The van der Waals surface area contributed by atoms with Gasteiger partial charge in [-0.2, -0.15) is 0 Å². The van der Waals surface area contributed by atoms with E-state index >= 15 is 0 Å². The largest absolute Gasteiger partial charge is 0.452 e. The third-order valence-corrected chi connectivity index (χ3v) is 7.42. The fourth-order valence-corrected chi connectivity index (χ4v) is 6.45. The number of hydrogen-bond donors (Lipinski definition) is 1. The van der Waals surface area contributed by atoms with Crippen molar-refractivity contribution in [2.24, 2.45) is 23.2 Å². The van der Waals surface area contributed by atoms with Crippen LogP contribution in [0, 0.1) is 23.2 Å². The van der Waals surface area contributed by atoms with Gasteiger partial charge in [-0.05, 0) is 86.8 Å². The molecule has 4 aliphatic carbocycles. The van der Waals surface area contributed by atoms with Gasteiger partial charge in [0.15, 0.2) is 6.61 Å². The van der Waals surface area contributed by atoms with Gasteiger partial charge in [0.25, 0.3) is 5.91 Å². The summed E-state index contributed by atoms with van der Waals surface area (Å²) in [4.78, 5) is 33.2. The fraction of sp³-hybridized carbons (Fsp3) is 0.565. The molecule has 0 radical (unpaired) electrons. The Hall–Kier alpha value is -2.50. The highest BCUT2D eigenvalue weighted by Crippen LogP contribution is 2.61. The Labute approximate surface area is 170 Å². The molecule has 29 heavy (non-hydrogen) atoms. The van der Waals surface area contributed by atoms with Crippen LogP contribution >= 0.6 is 0 Å². The van der Waals surface area contributed by atoms with Gasteiger partial charge in [-0.25, -0.2) is 4.79 Å². The Kier molecular flexibility index (Phi) is 4.52. The van der Waals surface area contributed by atoms with Crippen molar-refractivity contribution in [3.05, 3.63) is 36.2 Å². The van der Waals surface area contributed by atoms with E-state index in [0.29, 0.717) is 16.6 Å². The zero-order valence-corrected chi connectivity index (χ0v) is 16.8. The van der Waals surface area contributed by atoms with Gasteiger partial charge in [0.1, 0.15) is 0 Å². The summed E-state index contributed by atoms with van der Waals surface area (Å²) < 4.78 is 5.26. The number of rotatable bonds is 5. The van der Waals surface area contributed by atoms with Crippen LogP contribution in [0.25, 0.3) is 11.0 Å². The average molecular weight is 393 g/mol.